The number of hydrogen-bond donors (Lipinski definition) is 1. The molecule has 0 saturated heterocycles. The van der Waals surface area contributed by atoms with Gasteiger partial charge in [-0.05, 0) is 31.4 Å². The van der Waals surface area contributed by atoms with Crippen LogP contribution in [0.1, 0.15) is 18.4 Å². The fourth-order valence-corrected chi connectivity index (χ4v) is 2.18. The third-order valence-electron chi connectivity index (χ3n) is 3.32. The summed E-state index contributed by atoms with van der Waals surface area (Å²) in [5.74, 6) is 0.721. The van der Waals surface area contributed by atoms with E-state index < -0.39 is 0 Å². The highest BCUT2D eigenvalue weighted by Crippen LogP contribution is 2.26. The molecule has 2 heteroatoms. The smallest absolute Gasteiger partial charge is 0.0230 e. The summed E-state index contributed by atoms with van der Waals surface area (Å²) < 4.78 is 0. The predicted octanol–water partition coefficient (Wildman–Crippen LogP) is 1.86. The number of benzene rings is 1. The second-order valence-corrected chi connectivity index (χ2v) is 4.68. The summed E-state index contributed by atoms with van der Waals surface area (Å²) in [6, 6.07) is 11.1. The SMILES string of the molecule is CN(Cc1ccccc1)CC1CCC1N. The van der Waals surface area contributed by atoms with Gasteiger partial charge in [-0.15, -0.1) is 0 Å². The zero-order valence-corrected chi connectivity index (χ0v) is 9.39. The normalized spacial score (nSPS) is 25.3. The Labute approximate surface area is 92.1 Å². The van der Waals surface area contributed by atoms with Crippen LogP contribution in [0.25, 0.3) is 0 Å². The maximum atomic E-state index is 5.94. The van der Waals surface area contributed by atoms with Crippen LogP contribution >= 0.6 is 0 Å². The van der Waals surface area contributed by atoms with Crippen LogP contribution in [0.3, 0.4) is 0 Å². The first-order valence-electron chi connectivity index (χ1n) is 5.74. The predicted molar refractivity (Wildman–Crippen MR) is 63.5 cm³/mol. The van der Waals surface area contributed by atoms with E-state index in [9.17, 15) is 0 Å². The van der Waals surface area contributed by atoms with E-state index in [1.165, 1.54) is 18.4 Å². The molecule has 1 aromatic rings. The van der Waals surface area contributed by atoms with Crippen molar-refractivity contribution in [2.24, 2.45) is 11.7 Å². The highest BCUT2D eigenvalue weighted by Gasteiger charge is 2.27. The van der Waals surface area contributed by atoms with Gasteiger partial charge < -0.3 is 10.6 Å². The maximum Gasteiger partial charge on any atom is 0.0230 e. The van der Waals surface area contributed by atoms with E-state index in [1.54, 1.807) is 0 Å². The molecule has 0 amide bonds. The first kappa shape index (κ1) is 10.7. The van der Waals surface area contributed by atoms with Crippen molar-refractivity contribution in [1.82, 2.24) is 4.90 Å². The molecular weight excluding hydrogens is 184 g/mol. The molecule has 0 radical (unpaired) electrons. The minimum atomic E-state index is 0.447. The Morgan fingerprint density at radius 3 is 2.53 bits per heavy atom. The van der Waals surface area contributed by atoms with Crippen LogP contribution in [0, 0.1) is 5.92 Å². The Bertz CT molecular complexity index is 297. The van der Waals surface area contributed by atoms with E-state index in [0.717, 1.165) is 19.0 Å². The van der Waals surface area contributed by atoms with Crippen LogP contribution in [0.5, 0.6) is 0 Å². The molecule has 82 valence electrons. The fraction of sp³-hybridized carbons (Fsp3) is 0.538. The van der Waals surface area contributed by atoms with Crippen LogP contribution in [-0.2, 0) is 6.54 Å². The van der Waals surface area contributed by atoms with Gasteiger partial charge in [0, 0.05) is 19.1 Å². The van der Waals surface area contributed by atoms with Crippen molar-refractivity contribution in [1.29, 1.82) is 0 Å². The summed E-state index contributed by atoms with van der Waals surface area (Å²) in [6.07, 6.45) is 2.52. The zero-order valence-electron chi connectivity index (χ0n) is 9.39. The van der Waals surface area contributed by atoms with Crippen LogP contribution in [0.2, 0.25) is 0 Å². The third-order valence-corrected chi connectivity index (χ3v) is 3.32. The van der Waals surface area contributed by atoms with Gasteiger partial charge in [0.1, 0.15) is 0 Å². The zero-order chi connectivity index (χ0) is 10.7. The van der Waals surface area contributed by atoms with E-state index >= 15 is 0 Å². The summed E-state index contributed by atoms with van der Waals surface area (Å²) in [5.41, 5.74) is 7.32. The van der Waals surface area contributed by atoms with Crippen molar-refractivity contribution in [2.75, 3.05) is 13.6 Å². The summed E-state index contributed by atoms with van der Waals surface area (Å²) in [4.78, 5) is 2.37. The highest BCUT2D eigenvalue weighted by molar-refractivity contribution is 5.14. The summed E-state index contributed by atoms with van der Waals surface area (Å²) in [5, 5.41) is 0. The third kappa shape index (κ3) is 2.80. The molecule has 1 aliphatic rings. The van der Waals surface area contributed by atoms with Crippen molar-refractivity contribution < 1.29 is 0 Å². The topological polar surface area (TPSA) is 29.3 Å². The lowest BCUT2D eigenvalue weighted by Crippen LogP contribution is -2.45. The molecule has 1 aromatic carbocycles. The molecule has 1 fully saturated rings. The summed E-state index contributed by atoms with van der Waals surface area (Å²) in [6.45, 7) is 2.17. The van der Waals surface area contributed by atoms with Crippen molar-refractivity contribution in [3.05, 3.63) is 35.9 Å². The van der Waals surface area contributed by atoms with Crippen molar-refractivity contribution in [2.45, 2.75) is 25.4 Å². The van der Waals surface area contributed by atoms with Crippen LogP contribution in [0.4, 0.5) is 0 Å². The monoisotopic (exact) mass is 204 g/mol. The minimum absolute atomic E-state index is 0.447. The van der Waals surface area contributed by atoms with Gasteiger partial charge in [-0.3, -0.25) is 0 Å². The van der Waals surface area contributed by atoms with E-state index in [1.807, 2.05) is 0 Å². The standard InChI is InChI=1S/C13H20N2/c1-15(10-12-7-8-13(12)14)9-11-5-3-2-4-6-11/h2-6,12-13H,7-10,14H2,1H3. The Hall–Kier alpha value is -0.860. The largest absolute Gasteiger partial charge is 0.327 e. The average molecular weight is 204 g/mol. The molecular formula is C13H20N2. The summed E-state index contributed by atoms with van der Waals surface area (Å²) in [7, 11) is 2.18. The molecule has 2 unspecified atom stereocenters. The van der Waals surface area contributed by atoms with Gasteiger partial charge in [0.25, 0.3) is 0 Å². The molecule has 0 heterocycles. The number of rotatable bonds is 4. The maximum absolute atomic E-state index is 5.94. The Morgan fingerprint density at radius 1 is 1.27 bits per heavy atom. The molecule has 2 atom stereocenters. The molecule has 2 rings (SSSR count). The molecule has 1 aliphatic carbocycles. The first-order valence-corrected chi connectivity index (χ1v) is 5.74. The van der Waals surface area contributed by atoms with Crippen molar-refractivity contribution in [3.63, 3.8) is 0 Å². The number of hydrogen-bond acceptors (Lipinski definition) is 2. The summed E-state index contributed by atoms with van der Waals surface area (Å²) >= 11 is 0. The Morgan fingerprint density at radius 2 is 2.00 bits per heavy atom. The molecule has 2 nitrogen and oxygen atoms in total. The molecule has 0 aliphatic heterocycles. The lowest BCUT2D eigenvalue weighted by Gasteiger charge is -2.36. The second kappa shape index (κ2) is 4.77. The highest BCUT2D eigenvalue weighted by atomic mass is 15.1. The van der Waals surface area contributed by atoms with Gasteiger partial charge in [0.05, 0.1) is 0 Å². The van der Waals surface area contributed by atoms with Crippen LogP contribution < -0.4 is 5.73 Å². The first-order chi connectivity index (χ1) is 7.25. The average Bonchev–Trinajstić information content (AvgIpc) is 2.25. The van der Waals surface area contributed by atoms with Crippen molar-refractivity contribution >= 4 is 0 Å². The lowest BCUT2D eigenvalue weighted by atomic mass is 9.80. The molecule has 0 bridgehead atoms. The lowest BCUT2D eigenvalue weighted by molar-refractivity contribution is 0.171. The molecule has 0 aromatic heterocycles. The van der Waals surface area contributed by atoms with E-state index in [2.05, 4.69) is 42.3 Å². The van der Waals surface area contributed by atoms with Gasteiger partial charge in [0.2, 0.25) is 0 Å². The molecule has 2 N–H and O–H groups in total. The second-order valence-electron chi connectivity index (χ2n) is 4.68. The molecule has 1 saturated carbocycles. The van der Waals surface area contributed by atoms with Gasteiger partial charge in [-0.25, -0.2) is 0 Å². The minimum Gasteiger partial charge on any atom is -0.327 e. The van der Waals surface area contributed by atoms with Gasteiger partial charge >= 0.3 is 0 Å². The van der Waals surface area contributed by atoms with Gasteiger partial charge in [-0.2, -0.15) is 0 Å². The molecule has 15 heavy (non-hydrogen) atoms. The molecule has 0 spiro atoms. The van der Waals surface area contributed by atoms with E-state index in [0.29, 0.717) is 6.04 Å². The fourth-order valence-electron chi connectivity index (χ4n) is 2.18. The quantitative estimate of drug-likeness (QED) is 0.811. The van der Waals surface area contributed by atoms with E-state index in [-0.39, 0.29) is 0 Å². The van der Waals surface area contributed by atoms with Crippen LogP contribution in [-0.4, -0.2) is 24.5 Å². The number of nitrogens with two attached hydrogens (primary N) is 1. The Kier molecular flexibility index (Phi) is 3.39. The van der Waals surface area contributed by atoms with Gasteiger partial charge in [-0.1, -0.05) is 30.3 Å². The Balaban J connectivity index is 1.79. The van der Waals surface area contributed by atoms with E-state index in [4.69, 9.17) is 5.73 Å². The van der Waals surface area contributed by atoms with Gasteiger partial charge in [0.15, 0.2) is 0 Å². The van der Waals surface area contributed by atoms with Crippen LogP contribution in [0.15, 0.2) is 30.3 Å². The van der Waals surface area contributed by atoms with Crippen molar-refractivity contribution in [3.8, 4) is 0 Å². The number of nitrogens with zero attached hydrogens (tertiary/aromatic N) is 1.